The average Bonchev–Trinajstić information content (AvgIpc) is 2.44. The fourth-order valence-corrected chi connectivity index (χ4v) is 2.51. The largest absolute Gasteiger partial charge is 0.373 e. The highest BCUT2D eigenvalue weighted by molar-refractivity contribution is 7.89. The van der Waals surface area contributed by atoms with Crippen LogP contribution in [0.25, 0.3) is 10.9 Å². The van der Waals surface area contributed by atoms with Gasteiger partial charge in [0.15, 0.2) is 0 Å². The van der Waals surface area contributed by atoms with Gasteiger partial charge in [0, 0.05) is 43.3 Å². The second-order valence-corrected chi connectivity index (χ2v) is 6.21. The van der Waals surface area contributed by atoms with Gasteiger partial charge in [0.05, 0.1) is 11.3 Å². The Hall–Kier alpha value is -1.73. The number of fused-ring (bicyclic) bond motifs is 1. The molecule has 6 nitrogen and oxygen atoms in total. The van der Waals surface area contributed by atoms with Crippen molar-refractivity contribution < 1.29 is 8.42 Å². The zero-order valence-electron chi connectivity index (χ0n) is 10.9. The number of hydrogen-bond acceptors (Lipinski definition) is 5. The summed E-state index contributed by atoms with van der Waals surface area (Å²) >= 11 is 0. The van der Waals surface area contributed by atoms with Crippen LogP contribution in [0.3, 0.4) is 0 Å². The molecule has 0 aromatic carbocycles. The fraction of sp³-hybridized carbons (Fsp3) is 0.333. The highest BCUT2D eigenvalue weighted by atomic mass is 32.2. The molecule has 2 aromatic rings. The lowest BCUT2D eigenvalue weighted by Crippen LogP contribution is -2.31. The van der Waals surface area contributed by atoms with Crippen LogP contribution < -0.4 is 9.62 Å². The quantitative estimate of drug-likeness (QED) is 0.868. The van der Waals surface area contributed by atoms with Gasteiger partial charge < -0.3 is 4.90 Å². The lowest BCUT2D eigenvalue weighted by atomic mass is 10.2. The molecular formula is C12H16N4O2S. The molecule has 1 N–H and O–H groups in total. The average molecular weight is 280 g/mol. The molecule has 0 amide bonds. The SMILES string of the molecule is CNS(=O)(=O)CCN(C)c1ccnc2ccncc12. The van der Waals surface area contributed by atoms with E-state index in [0.717, 1.165) is 16.6 Å². The number of rotatable bonds is 5. The number of nitrogens with zero attached hydrogens (tertiary/aromatic N) is 3. The zero-order valence-corrected chi connectivity index (χ0v) is 11.7. The van der Waals surface area contributed by atoms with Crippen LogP contribution in [0.15, 0.2) is 30.7 Å². The molecule has 0 bridgehead atoms. The predicted molar refractivity (Wildman–Crippen MR) is 75.7 cm³/mol. The molecule has 2 heterocycles. The van der Waals surface area contributed by atoms with E-state index in [1.165, 1.54) is 7.05 Å². The van der Waals surface area contributed by atoms with Crippen molar-refractivity contribution in [3.63, 3.8) is 0 Å². The third-order valence-corrected chi connectivity index (χ3v) is 4.28. The summed E-state index contributed by atoms with van der Waals surface area (Å²) in [4.78, 5) is 10.2. The Bertz CT molecular complexity index is 667. The lowest BCUT2D eigenvalue weighted by molar-refractivity contribution is 0.587. The highest BCUT2D eigenvalue weighted by Crippen LogP contribution is 2.22. The van der Waals surface area contributed by atoms with Crippen molar-refractivity contribution in [1.29, 1.82) is 0 Å². The highest BCUT2D eigenvalue weighted by Gasteiger charge is 2.11. The Morgan fingerprint density at radius 3 is 2.84 bits per heavy atom. The third-order valence-electron chi connectivity index (χ3n) is 2.94. The van der Waals surface area contributed by atoms with Crippen LogP contribution in [0.1, 0.15) is 0 Å². The van der Waals surface area contributed by atoms with Crippen molar-refractivity contribution in [2.24, 2.45) is 0 Å². The van der Waals surface area contributed by atoms with Crippen LogP contribution >= 0.6 is 0 Å². The van der Waals surface area contributed by atoms with Crippen LogP contribution in [0.4, 0.5) is 5.69 Å². The minimum atomic E-state index is -3.20. The van der Waals surface area contributed by atoms with Gasteiger partial charge in [-0.05, 0) is 19.2 Å². The van der Waals surface area contributed by atoms with E-state index in [1.807, 2.05) is 24.1 Å². The molecule has 0 atom stereocenters. The Morgan fingerprint density at radius 2 is 2.11 bits per heavy atom. The monoisotopic (exact) mass is 280 g/mol. The Kier molecular flexibility index (Phi) is 3.96. The van der Waals surface area contributed by atoms with Crippen molar-refractivity contribution in [1.82, 2.24) is 14.7 Å². The predicted octanol–water partition coefficient (Wildman–Crippen LogP) is 0.615. The van der Waals surface area contributed by atoms with E-state index in [2.05, 4.69) is 14.7 Å². The van der Waals surface area contributed by atoms with Crippen LogP contribution in [-0.2, 0) is 10.0 Å². The van der Waals surface area contributed by atoms with Gasteiger partial charge in [0.1, 0.15) is 0 Å². The van der Waals surface area contributed by atoms with Crippen molar-refractivity contribution >= 4 is 26.6 Å². The topological polar surface area (TPSA) is 75.2 Å². The van der Waals surface area contributed by atoms with Gasteiger partial charge >= 0.3 is 0 Å². The first-order chi connectivity index (χ1) is 9.03. The molecular weight excluding hydrogens is 264 g/mol. The zero-order chi connectivity index (χ0) is 13.9. The van der Waals surface area contributed by atoms with Crippen molar-refractivity contribution in [2.75, 3.05) is 31.3 Å². The molecule has 0 spiro atoms. The van der Waals surface area contributed by atoms with Crippen LogP contribution in [0.5, 0.6) is 0 Å². The lowest BCUT2D eigenvalue weighted by Gasteiger charge is -2.20. The van der Waals surface area contributed by atoms with Gasteiger partial charge in [-0.2, -0.15) is 0 Å². The number of hydrogen-bond donors (Lipinski definition) is 1. The molecule has 0 fully saturated rings. The van der Waals surface area contributed by atoms with E-state index in [0.29, 0.717) is 6.54 Å². The smallest absolute Gasteiger partial charge is 0.213 e. The van der Waals surface area contributed by atoms with E-state index in [1.54, 1.807) is 18.6 Å². The van der Waals surface area contributed by atoms with Gasteiger partial charge in [-0.1, -0.05) is 0 Å². The Labute approximate surface area is 112 Å². The van der Waals surface area contributed by atoms with E-state index in [-0.39, 0.29) is 5.75 Å². The van der Waals surface area contributed by atoms with E-state index in [4.69, 9.17) is 0 Å². The third kappa shape index (κ3) is 3.18. The van der Waals surface area contributed by atoms with Crippen LogP contribution in [0.2, 0.25) is 0 Å². The summed E-state index contributed by atoms with van der Waals surface area (Å²) in [6.45, 7) is 0.400. The van der Waals surface area contributed by atoms with Gasteiger partial charge in [-0.25, -0.2) is 13.1 Å². The van der Waals surface area contributed by atoms with E-state index < -0.39 is 10.0 Å². The maximum atomic E-state index is 11.4. The summed E-state index contributed by atoms with van der Waals surface area (Å²) in [5.41, 5.74) is 1.76. The molecule has 2 rings (SSSR count). The van der Waals surface area contributed by atoms with Gasteiger partial charge in [-0.3, -0.25) is 9.97 Å². The van der Waals surface area contributed by atoms with Crippen molar-refractivity contribution in [3.05, 3.63) is 30.7 Å². The summed E-state index contributed by atoms with van der Waals surface area (Å²) in [7, 11) is 0.0731. The number of aromatic nitrogens is 2. The van der Waals surface area contributed by atoms with Crippen LogP contribution in [0, 0.1) is 0 Å². The molecule has 0 aliphatic rings. The van der Waals surface area contributed by atoms with E-state index >= 15 is 0 Å². The Balaban J connectivity index is 2.24. The van der Waals surface area contributed by atoms with Gasteiger partial charge in [0.25, 0.3) is 0 Å². The summed E-state index contributed by atoms with van der Waals surface area (Å²) in [5.74, 6) is 0.0457. The maximum absolute atomic E-state index is 11.4. The normalized spacial score (nSPS) is 11.7. The first kappa shape index (κ1) is 13.7. The minimum absolute atomic E-state index is 0.0457. The minimum Gasteiger partial charge on any atom is -0.373 e. The second-order valence-electron chi connectivity index (χ2n) is 4.17. The van der Waals surface area contributed by atoms with Gasteiger partial charge in [0.2, 0.25) is 10.0 Å². The van der Waals surface area contributed by atoms with Crippen molar-refractivity contribution in [2.45, 2.75) is 0 Å². The first-order valence-corrected chi connectivity index (χ1v) is 7.50. The number of anilines is 1. The molecule has 2 aromatic heterocycles. The molecule has 19 heavy (non-hydrogen) atoms. The summed E-state index contributed by atoms with van der Waals surface area (Å²) in [5, 5.41) is 0.911. The summed E-state index contributed by atoms with van der Waals surface area (Å²) in [6, 6.07) is 3.69. The summed E-state index contributed by atoms with van der Waals surface area (Å²) in [6.07, 6.45) is 5.13. The number of pyridine rings is 2. The Morgan fingerprint density at radius 1 is 1.32 bits per heavy atom. The molecule has 0 aliphatic carbocycles. The molecule has 0 unspecified atom stereocenters. The summed E-state index contributed by atoms with van der Waals surface area (Å²) < 4.78 is 25.2. The molecule has 0 aliphatic heterocycles. The molecule has 102 valence electrons. The molecule has 0 saturated heterocycles. The van der Waals surface area contributed by atoms with Crippen LogP contribution in [-0.4, -0.2) is 44.8 Å². The van der Waals surface area contributed by atoms with Crippen molar-refractivity contribution in [3.8, 4) is 0 Å². The van der Waals surface area contributed by atoms with Gasteiger partial charge in [-0.15, -0.1) is 0 Å². The maximum Gasteiger partial charge on any atom is 0.213 e. The molecule has 0 radical (unpaired) electrons. The number of sulfonamides is 1. The first-order valence-electron chi connectivity index (χ1n) is 5.84. The standard InChI is InChI=1S/C12H16N4O2S/c1-13-19(17,18)8-7-16(2)12-4-6-15-11-3-5-14-9-10(11)12/h3-6,9,13H,7-8H2,1-2H3. The van der Waals surface area contributed by atoms with E-state index in [9.17, 15) is 8.42 Å². The second kappa shape index (κ2) is 5.50. The number of nitrogens with one attached hydrogen (secondary N) is 1. The molecule has 7 heteroatoms. The molecule has 0 saturated carbocycles. The fourth-order valence-electron chi connectivity index (χ4n) is 1.79.